The molecule has 0 bridgehead atoms. The van der Waals surface area contributed by atoms with Crippen molar-refractivity contribution in [3.05, 3.63) is 107 Å². The lowest BCUT2D eigenvalue weighted by atomic mass is 9.57. The van der Waals surface area contributed by atoms with Crippen LogP contribution in [0.15, 0.2) is 78.9 Å². The summed E-state index contributed by atoms with van der Waals surface area (Å²) >= 11 is 0. The van der Waals surface area contributed by atoms with Crippen LogP contribution in [-0.2, 0) is 0 Å². The van der Waals surface area contributed by atoms with Gasteiger partial charge in [-0.25, -0.2) is 9.59 Å². The molecule has 5 nitrogen and oxygen atoms in total. The molecule has 2 unspecified atom stereocenters. The van der Waals surface area contributed by atoms with Gasteiger partial charge in [-0.15, -0.1) is 0 Å². The molecule has 4 rings (SSSR count). The van der Waals surface area contributed by atoms with Gasteiger partial charge in [-0.05, 0) is 47.7 Å². The average molecular weight is 400 g/mol. The molecule has 1 aliphatic carbocycles. The van der Waals surface area contributed by atoms with E-state index in [9.17, 15) is 19.5 Å². The Balaban J connectivity index is 1.67. The molecule has 3 aromatic rings. The predicted molar refractivity (Wildman–Crippen MR) is 111 cm³/mol. The van der Waals surface area contributed by atoms with Crippen molar-refractivity contribution < 1.29 is 24.6 Å². The second-order valence-corrected chi connectivity index (χ2v) is 7.56. The van der Waals surface area contributed by atoms with Crippen LogP contribution in [0.4, 0.5) is 0 Å². The normalized spacial score (nSPS) is 20.2. The lowest BCUT2D eigenvalue weighted by Crippen LogP contribution is -2.38. The van der Waals surface area contributed by atoms with Crippen LogP contribution in [0, 0.1) is 5.92 Å². The fourth-order valence-electron chi connectivity index (χ4n) is 4.27. The zero-order chi connectivity index (χ0) is 21.3. The van der Waals surface area contributed by atoms with Gasteiger partial charge in [0.1, 0.15) is 0 Å². The van der Waals surface area contributed by atoms with Gasteiger partial charge in [-0.3, -0.25) is 4.79 Å². The Bertz CT molecular complexity index is 1080. The van der Waals surface area contributed by atoms with Crippen molar-refractivity contribution in [3.63, 3.8) is 0 Å². The minimum absolute atomic E-state index is 0.0567. The van der Waals surface area contributed by atoms with Crippen molar-refractivity contribution in [1.29, 1.82) is 0 Å². The van der Waals surface area contributed by atoms with Crippen molar-refractivity contribution >= 4 is 17.7 Å². The molecule has 1 aliphatic rings. The lowest BCUT2D eigenvalue weighted by Gasteiger charge is -2.45. The SMILES string of the molecule is O=C(O)c1ccc(C2CC(C(=O)c3ccccc3)[C@H]2c2ccc(C(=O)O)cc2)cc1. The standard InChI is InChI=1S/C25H20O5/c26-23(17-4-2-1-3-5-17)21-14-20(15-6-10-18(11-7-15)24(27)28)22(21)16-8-12-19(13-9-16)25(29)30/h1-13,20-22H,14H2,(H,27,28)(H,29,30)/t20?,21?,22-/m0/s1. The van der Waals surface area contributed by atoms with Crippen LogP contribution in [0.3, 0.4) is 0 Å². The van der Waals surface area contributed by atoms with E-state index in [0.717, 1.165) is 11.1 Å². The van der Waals surface area contributed by atoms with Gasteiger partial charge in [0.2, 0.25) is 0 Å². The number of aromatic carboxylic acids is 2. The van der Waals surface area contributed by atoms with Crippen LogP contribution in [0.25, 0.3) is 0 Å². The molecule has 5 heteroatoms. The highest BCUT2D eigenvalue weighted by Gasteiger charge is 2.46. The van der Waals surface area contributed by atoms with Crippen LogP contribution >= 0.6 is 0 Å². The maximum absolute atomic E-state index is 13.1. The number of carbonyl (C=O) groups is 3. The highest BCUT2D eigenvalue weighted by Crippen LogP contribution is 2.54. The lowest BCUT2D eigenvalue weighted by molar-refractivity contribution is 0.0685. The van der Waals surface area contributed by atoms with Gasteiger partial charge in [0.05, 0.1) is 11.1 Å². The van der Waals surface area contributed by atoms with E-state index in [1.54, 1.807) is 48.5 Å². The summed E-state index contributed by atoms with van der Waals surface area (Å²) in [5, 5.41) is 18.3. The first kappa shape index (κ1) is 19.6. The van der Waals surface area contributed by atoms with Crippen LogP contribution in [-0.4, -0.2) is 27.9 Å². The summed E-state index contributed by atoms with van der Waals surface area (Å²) in [5.41, 5.74) is 2.97. The summed E-state index contributed by atoms with van der Waals surface area (Å²) in [7, 11) is 0. The molecule has 0 heterocycles. The summed E-state index contributed by atoms with van der Waals surface area (Å²) in [5.74, 6) is -2.16. The Morgan fingerprint density at radius 2 is 1.13 bits per heavy atom. The number of Topliss-reactive ketones (excluding diaryl/α,β-unsaturated/α-hetero) is 1. The summed E-state index contributed by atoms with van der Waals surface area (Å²) in [6.45, 7) is 0. The number of rotatable bonds is 6. The summed E-state index contributed by atoms with van der Waals surface area (Å²) < 4.78 is 0. The third kappa shape index (κ3) is 3.62. The van der Waals surface area contributed by atoms with Gasteiger partial charge < -0.3 is 10.2 Å². The fourth-order valence-corrected chi connectivity index (χ4v) is 4.27. The molecular formula is C25H20O5. The first-order valence-electron chi connectivity index (χ1n) is 9.71. The molecule has 0 aromatic heterocycles. The Labute approximate surface area is 173 Å². The quantitative estimate of drug-likeness (QED) is 0.577. The van der Waals surface area contributed by atoms with E-state index in [0.29, 0.717) is 12.0 Å². The second-order valence-electron chi connectivity index (χ2n) is 7.56. The van der Waals surface area contributed by atoms with Crippen LogP contribution < -0.4 is 0 Å². The zero-order valence-electron chi connectivity index (χ0n) is 16.1. The molecule has 0 aliphatic heterocycles. The van der Waals surface area contributed by atoms with E-state index in [2.05, 4.69) is 0 Å². The molecule has 0 radical (unpaired) electrons. The Morgan fingerprint density at radius 3 is 1.63 bits per heavy atom. The summed E-state index contributed by atoms with van der Waals surface area (Å²) in [6, 6.07) is 22.6. The third-order valence-electron chi connectivity index (χ3n) is 5.90. The maximum Gasteiger partial charge on any atom is 0.335 e. The molecule has 150 valence electrons. The highest BCUT2D eigenvalue weighted by molar-refractivity contribution is 5.99. The van der Waals surface area contributed by atoms with E-state index >= 15 is 0 Å². The molecule has 3 atom stereocenters. The van der Waals surface area contributed by atoms with Crippen molar-refractivity contribution in [3.8, 4) is 0 Å². The van der Waals surface area contributed by atoms with E-state index in [-0.39, 0.29) is 34.7 Å². The number of carboxylic acid groups (broad SMARTS) is 2. The Kier molecular flexibility index (Phi) is 5.19. The van der Waals surface area contributed by atoms with Crippen LogP contribution in [0.1, 0.15) is 60.5 Å². The van der Waals surface area contributed by atoms with Gasteiger partial charge in [0.15, 0.2) is 5.78 Å². The van der Waals surface area contributed by atoms with Gasteiger partial charge in [-0.1, -0.05) is 54.6 Å². The van der Waals surface area contributed by atoms with Gasteiger partial charge >= 0.3 is 11.9 Å². The minimum atomic E-state index is -0.993. The van der Waals surface area contributed by atoms with E-state index in [4.69, 9.17) is 5.11 Å². The van der Waals surface area contributed by atoms with Crippen LogP contribution in [0.2, 0.25) is 0 Å². The summed E-state index contributed by atoms with van der Waals surface area (Å²) in [4.78, 5) is 35.5. The highest BCUT2D eigenvalue weighted by atomic mass is 16.4. The molecule has 0 saturated heterocycles. The molecule has 3 aromatic carbocycles. The number of benzene rings is 3. The van der Waals surface area contributed by atoms with Crippen molar-refractivity contribution in [2.24, 2.45) is 5.92 Å². The molecule has 30 heavy (non-hydrogen) atoms. The summed E-state index contributed by atoms with van der Waals surface area (Å²) in [6.07, 6.45) is 0.658. The van der Waals surface area contributed by atoms with Gasteiger partial charge in [0.25, 0.3) is 0 Å². The Morgan fingerprint density at radius 1 is 0.633 bits per heavy atom. The number of carboxylic acids is 2. The fraction of sp³-hybridized carbons (Fsp3) is 0.160. The first-order valence-corrected chi connectivity index (χ1v) is 9.71. The van der Waals surface area contributed by atoms with Crippen molar-refractivity contribution in [2.75, 3.05) is 0 Å². The van der Waals surface area contributed by atoms with Crippen molar-refractivity contribution in [2.45, 2.75) is 18.3 Å². The molecule has 1 saturated carbocycles. The largest absolute Gasteiger partial charge is 0.478 e. The minimum Gasteiger partial charge on any atom is -0.478 e. The molecule has 0 spiro atoms. The van der Waals surface area contributed by atoms with Gasteiger partial charge in [-0.2, -0.15) is 0 Å². The maximum atomic E-state index is 13.1. The zero-order valence-corrected chi connectivity index (χ0v) is 16.1. The van der Waals surface area contributed by atoms with Crippen LogP contribution in [0.5, 0.6) is 0 Å². The van der Waals surface area contributed by atoms with Gasteiger partial charge in [0, 0.05) is 17.4 Å². The smallest absolute Gasteiger partial charge is 0.335 e. The predicted octanol–water partition coefficient (Wildman–Crippen LogP) is 4.85. The van der Waals surface area contributed by atoms with Crippen molar-refractivity contribution in [1.82, 2.24) is 0 Å². The topological polar surface area (TPSA) is 91.7 Å². The number of hydrogen-bond acceptors (Lipinski definition) is 3. The second kappa shape index (κ2) is 7.95. The van der Waals surface area contributed by atoms with E-state index in [1.165, 1.54) is 0 Å². The number of hydrogen-bond donors (Lipinski definition) is 2. The van der Waals surface area contributed by atoms with E-state index in [1.807, 2.05) is 30.3 Å². The number of ketones is 1. The third-order valence-corrected chi connectivity index (χ3v) is 5.90. The Hall–Kier alpha value is -3.73. The molecule has 1 fully saturated rings. The molecular weight excluding hydrogens is 380 g/mol. The molecule has 0 amide bonds. The number of carbonyl (C=O) groups excluding carboxylic acids is 1. The first-order chi connectivity index (χ1) is 14.5. The monoisotopic (exact) mass is 400 g/mol. The molecule has 2 N–H and O–H groups in total. The average Bonchev–Trinajstić information content (AvgIpc) is 2.74. The van der Waals surface area contributed by atoms with E-state index < -0.39 is 11.9 Å².